The number of carbonyl (C=O) groups is 1. The van der Waals surface area contributed by atoms with E-state index in [1.54, 1.807) is 11.7 Å². The molecule has 0 atom stereocenters. The molecule has 0 fully saturated rings. The van der Waals surface area contributed by atoms with Crippen LogP contribution in [0.15, 0.2) is 22.5 Å². The summed E-state index contributed by atoms with van der Waals surface area (Å²) >= 11 is 2.89. The molecular formula is C8H7N3OS2. The van der Waals surface area contributed by atoms with E-state index in [0.29, 0.717) is 11.6 Å². The zero-order valence-corrected chi connectivity index (χ0v) is 8.77. The largest absolute Gasteiger partial charge is 0.302 e. The molecule has 0 aliphatic carbocycles. The van der Waals surface area contributed by atoms with E-state index in [1.807, 2.05) is 10.8 Å². The highest BCUT2D eigenvalue weighted by atomic mass is 32.1. The standard InChI is InChI=1S/C8H7N3OS2/c12-7(3-6-4-13-5-10-6)11-8-9-1-2-14-8/h1-2,4-5H,3H2,(H,9,11,12). The van der Waals surface area contributed by atoms with Crippen LogP contribution in [0, 0.1) is 0 Å². The second kappa shape index (κ2) is 4.30. The van der Waals surface area contributed by atoms with Gasteiger partial charge in [0.25, 0.3) is 0 Å². The molecule has 0 aliphatic heterocycles. The van der Waals surface area contributed by atoms with Gasteiger partial charge in [0.1, 0.15) is 0 Å². The Kier molecular flexibility index (Phi) is 2.85. The van der Waals surface area contributed by atoms with E-state index in [4.69, 9.17) is 0 Å². The van der Waals surface area contributed by atoms with E-state index in [0.717, 1.165) is 5.69 Å². The van der Waals surface area contributed by atoms with Gasteiger partial charge in [-0.05, 0) is 0 Å². The Morgan fingerprint density at radius 3 is 3.07 bits per heavy atom. The van der Waals surface area contributed by atoms with E-state index in [2.05, 4.69) is 15.3 Å². The fraction of sp³-hybridized carbons (Fsp3) is 0.125. The summed E-state index contributed by atoms with van der Waals surface area (Å²) in [4.78, 5) is 19.4. The molecule has 6 heteroatoms. The molecule has 0 unspecified atom stereocenters. The lowest BCUT2D eigenvalue weighted by molar-refractivity contribution is -0.115. The van der Waals surface area contributed by atoms with Crippen LogP contribution in [0.4, 0.5) is 5.13 Å². The molecule has 0 spiro atoms. The van der Waals surface area contributed by atoms with E-state index in [9.17, 15) is 4.79 Å². The number of anilines is 1. The number of amides is 1. The predicted octanol–water partition coefficient (Wildman–Crippen LogP) is 1.78. The summed E-state index contributed by atoms with van der Waals surface area (Å²) in [6.07, 6.45) is 1.96. The zero-order valence-electron chi connectivity index (χ0n) is 7.14. The molecule has 0 aromatic carbocycles. The van der Waals surface area contributed by atoms with Crippen LogP contribution in [0.25, 0.3) is 0 Å². The molecule has 2 heterocycles. The van der Waals surface area contributed by atoms with Crippen LogP contribution in [0.1, 0.15) is 5.69 Å². The minimum Gasteiger partial charge on any atom is -0.302 e. The third kappa shape index (κ3) is 2.36. The first kappa shape index (κ1) is 9.29. The Hall–Kier alpha value is -1.27. The van der Waals surface area contributed by atoms with Crippen molar-refractivity contribution in [3.05, 3.63) is 28.2 Å². The molecule has 2 rings (SSSR count). The van der Waals surface area contributed by atoms with Gasteiger partial charge in [-0.15, -0.1) is 22.7 Å². The molecule has 2 aromatic heterocycles. The normalized spacial score (nSPS) is 10.0. The van der Waals surface area contributed by atoms with Gasteiger partial charge in [-0.2, -0.15) is 0 Å². The van der Waals surface area contributed by atoms with Gasteiger partial charge in [0, 0.05) is 17.0 Å². The van der Waals surface area contributed by atoms with Gasteiger partial charge < -0.3 is 5.32 Å². The van der Waals surface area contributed by atoms with Crippen molar-refractivity contribution in [1.29, 1.82) is 0 Å². The van der Waals surface area contributed by atoms with Crippen molar-refractivity contribution in [2.45, 2.75) is 6.42 Å². The maximum Gasteiger partial charge on any atom is 0.232 e. The number of hydrogen-bond acceptors (Lipinski definition) is 5. The molecule has 0 radical (unpaired) electrons. The lowest BCUT2D eigenvalue weighted by Crippen LogP contribution is -2.14. The zero-order chi connectivity index (χ0) is 9.80. The SMILES string of the molecule is O=C(Cc1cscn1)Nc1nccs1. The number of hydrogen-bond donors (Lipinski definition) is 1. The Morgan fingerprint density at radius 2 is 2.43 bits per heavy atom. The number of nitrogens with zero attached hydrogens (tertiary/aromatic N) is 2. The molecular weight excluding hydrogens is 218 g/mol. The van der Waals surface area contributed by atoms with Crippen LogP contribution in [0.3, 0.4) is 0 Å². The number of thiazole rings is 2. The molecule has 1 N–H and O–H groups in total. The maximum atomic E-state index is 11.4. The fourth-order valence-electron chi connectivity index (χ4n) is 0.938. The average Bonchev–Trinajstić information content (AvgIpc) is 2.76. The van der Waals surface area contributed by atoms with Crippen molar-refractivity contribution in [2.75, 3.05) is 5.32 Å². The Labute approximate surface area is 88.6 Å². The molecule has 0 saturated carbocycles. The summed E-state index contributed by atoms with van der Waals surface area (Å²) in [5.41, 5.74) is 2.51. The fourth-order valence-corrected chi connectivity index (χ4v) is 2.04. The van der Waals surface area contributed by atoms with Gasteiger partial charge in [0.15, 0.2) is 5.13 Å². The first-order valence-electron chi connectivity index (χ1n) is 3.91. The van der Waals surface area contributed by atoms with Crippen LogP contribution >= 0.6 is 22.7 Å². The van der Waals surface area contributed by atoms with Gasteiger partial charge in [-0.3, -0.25) is 4.79 Å². The van der Waals surface area contributed by atoms with Crippen molar-refractivity contribution >= 4 is 33.7 Å². The van der Waals surface area contributed by atoms with Gasteiger partial charge in [-0.1, -0.05) is 0 Å². The van der Waals surface area contributed by atoms with Crippen LogP contribution in [0.5, 0.6) is 0 Å². The summed E-state index contributed by atoms with van der Waals surface area (Å²) in [6, 6.07) is 0. The third-order valence-electron chi connectivity index (χ3n) is 1.50. The summed E-state index contributed by atoms with van der Waals surface area (Å²) < 4.78 is 0. The van der Waals surface area contributed by atoms with Crippen molar-refractivity contribution in [2.24, 2.45) is 0 Å². The van der Waals surface area contributed by atoms with Crippen LogP contribution < -0.4 is 5.32 Å². The third-order valence-corrected chi connectivity index (χ3v) is 2.83. The van der Waals surface area contributed by atoms with Crippen molar-refractivity contribution < 1.29 is 4.79 Å². The number of rotatable bonds is 3. The molecule has 0 bridgehead atoms. The molecule has 2 aromatic rings. The van der Waals surface area contributed by atoms with Gasteiger partial charge in [0.2, 0.25) is 5.91 Å². The molecule has 1 amide bonds. The maximum absolute atomic E-state index is 11.4. The highest BCUT2D eigenvalue weighted by Crippen LogP contribution is 2.11. The van der Waals surface area contributed by atoms with Crippen molar-refractivity contribution in [3.8, 4) is 0 Å². The van der Waals surface area contributed by atoms with E-state index in [-0.39, 0.29) is 5.91 Å². The molecule has 14 heavy (non-hydrogen) atoms. The Balaban J connectivity index is 1.91. The summed E-state index contributed by atoms with van der Waals surface area (Å²) in [6.45, 7) is 0. The highest BCUT2D eigenvalue weighted by molar-refractivity contribution is 7.13. The topological polar surface area (TPSA) is 54.9 Å². The van der Waals surface area contributed by atoms with E-state index in [1.165, 1.54) is 22.7 Å². The number of carbonyl (C=O) groups excluding carboxylic acids is 1. The van der Waals surface area contributed by atoms with Crippen LogP contribution in [0.2, 0.25) is 0 Å². The second-order valence-corrected chi connectivity index (χ2v) is 4.16. The molecule has 4 nitrogen and oxygen atoms in total. The Bertz CT molecular complexity index is 358. The minimum atomic E-state index is -0.0779. The lowest BCUT2D eigenvalue weighted by atomic mass is 10.3. The van der Waals surface area contributed by atoms with Crippen LogP contribution in [-0.2, 0) is 11.2 Å². The van der Waals surface area contributed by atoms with Crippen LogP contribution in [-0.4, -0.2) is 15.9 Å². The second-order valence-electron chi connectivity index (χ2n) is 2.54. The van der Waals surface area contributed by atoms with Crippen molar-refractivity contribution in [3.63, 3.8) is 0 Å². The average molecular weight is 225 g/mol. The first-order valence-corrected chi connectivity index (χ1v) is 5.73. The Morgan fingerprint density at radius 1 is 1.50 bits per heavy atom. The van der Waals surface area contributed by atoms with E-state index < -0.39 is 0 Å². The smallest absolute Gasteiger partial charge is 0.232 e. The highest BCUT2D eigenvalue weighted by Gasteiger charge is 2.06. The summed E-state index contributed by atoms with van der Waals surface area (Å²) in [5, 5.41) is 7.00. The quantitative estimate of drug-likeness (QED) is 0.866. The van der Waals surface area contributed by atoms with Gasteiger partial charge in [-0.25, -0.2) is 9.97 Å². The molecule has 0 saturated heterocycles. The number of nitrogens with one attached hydrogen (secondary N) is 1. The van der Waals surface area contributed by atoms with E-state index >= 15 is 0 Å². The monoisotopic (exact) mass is 225 g/mol. The van der Waals surface area contributed by atoms with Gasteiger partial charge in [0.05, 0.1) is 17.6 Å². The lowest BCUT2D eigenvalue weighted by Gasteiger charge is -1.97. The molecule has 0 aliphatic rings. The van der Waals surface area contributed by atoms with Crippen molar-refractivity contribution in [1.82, 2.24) is 9.97 Å². The molecule has 72 valence electrons. The minimum absolute atomic E-state index is 0.0779. The van der Waals surface area contributed by atoms with Gasteiger partial charge >= 0.3 is 0 Å². The number of aromatic nitrogens is 2. The summed E-state index contributed by atoms with van der Waals surface area (Å²) in [7, 11) is 0. The predicted molar refractivity (Wildman–Crippen MR) is 56.6 cm³/mol. The first-order chi connectivity index (χ1) is 6.84. The summed E-state index contributed by atoms with van der Waals surface area (Å²) in [5.74, 6) is -0.0779.